The molecule has 3 N–H and O–H groups in total. The van der Waals surface area contributed by atoms with Crippen molar-refractivity contribution in [3.05, 3.63) is 41.6 Å². The van der Waals surface area contributed by atoms with Gasteiger partial charge in [0.05, 0.1) is 24.9 Å². The molecule has 21 heavy (non-hydrogen) atoms. The van der Waals surface area contributed by atoms with Crippen LogP contribution in [-0.4, -0.2) is 33.4 Å². The molecule has 0 spiro atoms. The highest BCUT2D eigenvalue weighted by Crippen LogP contribution is 2.18. The SMILES string of the molecule is CCOC(=O)c1cnn(-c2ccc(CC(=O)O)cc2)c1N. The number of benzene rings is 1. The lowest BCUT2D eigenvalue weighted by atomic mass is 10.1. The molecule has 2 aromatic rings. The number of anilines is 1. The van der Waals surface area contributed by atoms with Gasteiger partial charge in [0.1, 0.15) is 11.4 Å². The van der Waals surface area contributed by atoms with Crippen molar-refractivity contribution in [2.75, 3.05) is 12.3 Å². The van der Waals surface area contributed by atoms with Crippen molar-refractivity contribution in [3.8, 4) is 5.69 Å². The molecule has 2 rings (SSSR count). The van der Waals surface area contributed by atoms with Crippen LogP contribution in [0.4, 0.5) is 5.82 Å². The summed E-state index contributed by atoms with van der Waals surface area (Å²) in [4.78, 5) is 22.3. The van der Waals surface area contributed by atoms with Crippen molar-refractivity contribution < 1.29 is 19.4 Å². The summed E-state index contributed by atoms with van der Waals surface area (Å²) in [5.74, 6) is -1.24. The van der Waals surface area contributed by atoms with E-state index in [4.69, 9.17) is 15.6 Å². The third kappa shape index (κ3) is 3.19. The second-order valence-electron chi connectivity index (χ2n) is 4.31. The van der Waals surface area contributed by atoms with Gasteiger partial charge in [-0.25, -0.2) is 9.48 Å². The predicted molar refractivity (Wildman–Crippen MR) is 75.3 cm³/mol. The van der Waals surface area contributed by atoms with Gasteiger partial charge >= 0.3 is 11.9 Å². The molecule has 0 fully saturated rings. The molecule has 0 aliphatic heterocycles. The first-order valence-corrected chi connectivity index (χ1v) is 6.34. The van der Waals surface area contributed by atoms with Crippen LogP contribution >= 0.6 is 0 Å². The third-order valence-corrected chi connectivity index (χ3v) is 2.84. The van der Waals surface area contributed by atoms with E-state index in [-0.39, 0.29) is 24.4 Å². The van der Waals surface area contributed by atoms with Gasteiger partial charge in [-0.3, -0.25) is 4.79 Å². The van der Waals surface area contributed by atoms with Crippen molar-refractivity contribution in [2.45, 2.75) is 13.3 Å². The molecule has 110 valence electrons. The lowest BCUT2D eigenvalue weighted by Gasteiger charge is -2.06. The molecule has 7 heteroatoms. The first-order chi connectivity index (χ1) is 10.0. The number of carbonyl (C=O) groups is 2. The number of ether oxygens (including phenoxy) is 1. The van der Waals surface area contributed by atoms with Crippen LogP contribution in [0.5, 0.6) is 0 Å². The van der Waals surface area contributed by atoms with Crippen LogP contribution in [0.3, 0.4) is 0 Å². The number of carboxylic acid groups (broad SMARTS) is 1. The van der Waals surface area contributed by atoms with Gasteiger partial charge < -0.3 is 15.6 Å². The van der Waals surface area contributed by atoms with E-state index < -0.39 is 11.9 Å². The van der Waals surface area contributed by atoms with E-state index in [1.807, 2.05) is 0 Å². The van der Waals surface area contributed by atoms with Crippen molar-refractivity contribution in [1.29, 1.82) is 0 Å². The number of rotatable bonds is 5. The zero-order chi connectivity index (χ0) is 15.4. The van der Waals surface area contributed by atoms with Gasteiger partial charge in [-0.1, -0.05) is 12.1 Å². The number of aromatic nitrogens is 2. The van der Waals surface area contributed by atoms with Crippen LogP contribution in [0, 0.1) is 0 Å². The fraction of sp³-hybridized carbons (Fsp3) is 0.214. The number of esters is 1. The summed E-state index contributed by atoms with van der Waals surface area (Å²) in [7, 11) is 0. The van der Waals surface area contributed by atoms with E-state index in [9.17, 15) is 9.59 Å². The summed E-state index contributed by atoms with van der Waals surface area (Å²) in [6.07, 6.45) is 1.29. The van der Waals surface area contributed by atoms with Gasteiger partial charge in [0.15, 0.2) is 0 Å². The number of carboxylic acids is 1. The van der Waals surface area contributed by atoms with Gasteiger partial charge in [0.25, 0.3) is 0 Å². The number of hydrogen-bond donors (Lipinski definition) is 2. The van der Waals surface area contributed by atoms with Gasteiger partial charge in [0.2, 0.25) is 0 Å². The van der Waals surface area contributed by atoms with Gasteiger partial charge in [-0.05, 0) is 24.6 Å². The summed E-state index contributed by atoms with van der Waals surface area (Å²) in [5, 5.41) is 12.8. The van der Waals surface area contributed by atoms with E-state index in [2.05, 4.69) is 5.10 Å². The average molecular weight is 289 g/mol. The van der Waals surface area contributed by atoms with E-state index in [1.54, 1.807) is 31.2 Å². The fourth-order valence-corrected chi connectivity index (χ4v) is 1.86. The Morgan fingerprint density at radius 3 is 2.57 bits per heavy atom. The third-order valence-electron chi connectivity index (χ3n) is 2.84. The number of carbonyl (C=O) groups excluding carboxylic acids is 1. The zero-order valence-electron chi connectivity index (χ0n) is 11.4. The standard InChI is InChI=1S/C14H15N3O4/c1-2-21-14(20)11-8-16-17(13(11)15)10-5-3-9(4-6-10)7-12(18)19/h3-6,8H,2,7,15H2,1H3,(H,18,19). The maximum atomic E-state index is 11.7. The fourth-order valence-electron chi connectivity index (χ4n) is 1.86. The molecule has 1 aromatic heterocycles. The van der Waals surface area contributed by atoms with E-state index in [1.165, 1.54) is 10.9 Å². The van der Waals surface area contributed by atoms with Crippen LogP contribution < -0.4 is 5.73 Å². The molecule has 0 amide bonds. The molecule has 0 saturated heterocycles. The minimum atomic E-state index is -0.897. The Balaban J connectivity index is 2.26. The van der Waals surface area contributed by atoms with Crippen molar-refractivity contribution in [2.24, 2.45) is 0 Å². The molecule has 1 heterocycles. The number of aliphatic carboxylic acids is 1. The number of nitrogens with zero attached hydrogens (tertiary/aromatic N) is 2. The van der Waals surface area contributed by atoms with Gasteiger partial charge in [-0.2, -0.15) is 5.10 Å². The Labute approximate surface area is 120 Å². The van der Waals surface area contributed by atoms with Crippen molar-refractivity contribution in [1.82, 2.24) is 9.78 Å². The van der Waals surface area contributed by atoms with Crippen LogP contribution in [-0.2, 0) is 16.0 Å². The van der Waals surface area contributed by atoms with Crippen LogP contribution in [0.2, 0.25) is 0 Å². The Bertz CT molecular complexity index is 661. The lowest BCUT2D eigenvalue weighted by molar-refractivity contribution is -0.136. The van der Waals surface area contributed by atoms with Crippen molar-refractivity contribution >= 4 is 17.8 Å². The molecular weight excluding hydrogens is 274 g/mol. The quantitative estimate of drug-likeness (QED) is 0.802. The molecular formula is C14H15N3O4. The molecule has 0 radical (unpaired) electrons. The van der Waals surface area contributed by atoms with Crippen molar-refractivity contribution in [3.63, 3.8) is 0 Å². The van der Waals surface area contributed by atoms with Gasteiger partial charge in [-0.15, -0.1) is 0 Å². The smallest absolute Gasteiger partial charge is 0.343 e. The van der Waals surface area contributed by atoms with E-state index in [0.717, 1.165) is 0 Å². The molecule has 0 saturated carbocycles. The summed E-state index contributed by atoms with van der Waals surface area (Å²) in [5.41, 5.74) is 7.40. The van der Waals surface area contributed by atoms with Crippen LogP contribution in [0.15, 0.2) is 30.5 Å². The Kier molecular flexibility index (Phi) is 4.22. The van der Waals surface area contributed by atoms with Crippen LogP contribution in [0.1, 0.15) is 22.8 Å². The molecule has 0 unspecified atom stereocenters. The summed E-state index contributed by atoms with van der Waals surface area (Å²) < 4.78 is 6.28. The number of nitrogen functional groups attached to an aromatic ring is 1. The zero-order valence-corrected chi connectivity index (χ0v) is 11.4. The summed E-state index contributed by atoms with van der Waals surface area (Å²) in [6, 6.07) is 6.73. The first-order valence-electron chi connectivity index (χ1n) is 6.34. The second-order valence-corrected chi connectivity index (χ2v) is 4.31. The number of nitrogens with two attached hydrogens (primary N) is 1. The molecule has 1 aromatic carbocycles. The topological polar surface area (TPSA) is 107 Å². The largest absolute Gasteiger partial charge is 0.481 e. The molecule has 0 aliphatic carbocycles. The monoisotopic (exact) mass is 289 g/mol. The molecule has 0 atom stereocenters. The van der Waals surface area contributed by atoms with Gasteiger partial charge in [0, 0.05) is 0 Å². The molecule has 0 aliphatic rings. The molecule has 7 nitrogen and oxygen atoms in total. The molecule has 0 bridgehead atoms. The highest BCUT2D eigenvalue weighted by molar-refractivity contribution is 5.94. The normalized spacial score (nSPS) is 10.3. The maximum Gasteiger partial charge on any atom is 0.343 e. The Morgan fingerprint density at radius 1 is 1.33 bits per heavy atom. The average Bonchev–Trinajstić information content (AvgIpc) is 2.81. The highest BCUT2D eigenvalue weighted by atomic mass is 16.5. The highest BCUT2D eigenvalue weighted by Gasteiger charge is 2.17. The Morgan fingerprint density at radius 2 is 2.00 bits per heavy atom. The maximum absolute atomic E-state index is 11.7. The minimum Gasteiger partial charge on any atom is -0.481 e. The number of hydrogen-bond acceptors (Lipinski definition) is 5. The minimum absolute atomic E-state index is 0.0526. The van der Waals surface area contributed by atoms with Crippen LogP contribution in [0.25, 0.3) is 5.69 Å². The predicted octanol–water partition coefficient (Wildman–Crippen LogP) is 1.26. The lowest BCUT2D eigenvalue weighted by Crippen LogP contribution is -2.09. The van der Waals surface area contributed by atoms with E-state index >= 15 is 0 Å². The first kappa shape index (κ1) is 14.6. The summed E-state index contributed by atoms with van der Waals surface area (Å²) in [6.45, 7) is 1.97. The van der Waals surface area contributed by atoms with E-state index in [0.29, 0.717) is 11.3 Å². The second kappa shape index (κ2) is 6.08. The summed E-state index contributed by atoms with van der Waals surface area (Å²) >= 11 is 0. The Hall–Kier alpha value is -2.83.